The average Bonchev–Trinajstić information content (AvgIpc) is 2.48. The van der Waals surface area contributed by atoms with Gasteiger partial charge < -0.3 is 15.2 Å². The number of ether oxygens (including phenoxy) is 2. The number of carbonyl (C=O) groups excluding carboxylic acids is 1. The highest BCUT2D eigenvalue weighted by atomic mass is 16.5. The monoisotopic (exact) mass is 285 g/mol. The van der Waals surface area contributed by atoms with Crippen LogP contribution in [0, 0.1) is 0 Å². The average molecular weight is 285 g/mol. The predicted octanol–water partition coefficient (Wildman–Crippen LogP) is 3.59. The van der Waals surface area contributed by atoms with Crippen molar-refractivity contribution in [1.29, 1.82) is 0 Å². The lowest BCUT2D eigenvalue weighted by molar-refractivity contribution is 0.0335. The highest BCUT2D eigenvalue weighted by Crippen LogP contribution is 2.27. The molecule has 1 unspecified atom stereocenters. The van der Waals surface area contributed by atoms with E-state index in [-0.39, 0.29) is 11.7 Å². The molecule has 2 rings (SSSR count). The van der Waals surface area contributed by atoms with Crippen LogP contribution in [0.2, 0.25) is 0 Å². The fourth-order valence-electron chi connectivity index (χ4n) is 2.05. The van der Waals surface area contributed by atoms with E-state index in [1.165, 1.54) is 0 Å². The highest BCUT2D eigenvalue weighted by Gasteiger charge is 2.20. The molecular formula is C17H19NO3. The first-order chi connectivity index (χ1) is 10.1. The second-order valence-electron chi connectivity index (χ2n) is 4.61. The Morgan fingerprint density at radius 2 is 1.86 bits per heavy atom. The summed E-state index contributed by atoms with van der Waals surface area (Å²) in [7, 11) is 0. The molecule has 0 saturated carbocycles. The summed E-state index contributed by atoms with van der Waals surface area (Å²) in [6.45, 7) is 4.13. The first kappa shape index (κ1) is 14.9. The summed E-state index contributed by atoms with van der Waals surface area (Å²) in [6.07, 6.45) is -0.354. The van der Waals surface area contributed by atoms with Crippen LogP contribution in [0.4, 0.5) is 5.69 Å². The molecule has 0 aromatic heterocycles. The van der Waals surface area contributed by atoms with Crippen LogP contribution in [0.5, 0.6) is 5.75 Å². The van der Waals surface area contributed by atoms with E-state index in [2.05, 4.69) is 0 Å². The zero-order valence-electron chi connectivity index (χ0n) is 12.2. The summed E-state index contributed by atoms with van der Waals surface area (Å²) in [5.41, 5.74) is 7.45. The third-order valence-corrected chi connectivity index (χ3v) is 3.12. The lowest BCUT2D eigenvalue weighted by Gasteiger charge is -2.16. The van der Waals surface area contributed by atoms with Gasteiger partial charge in [-0.2, -0.15) is 0 Å². The van der Waals surface area contributed by atoms with Crippen LogP contribution in [-0.2, 0) is 4.74 Å². The van der Waals surface area contributed by atoms with E-state index < -0.39 is 5.97 Å². The maximum absolute atomic E-state index is 12.4. The molecular weight excluding hydrogens is 266 g/mol. The van der Waals surface area contributed by atoms with Crippen molar-refractivity contribution in [2.45, 2.75) is 20.0 Å². The third-order valence-electron chi connectivity index (χ3n) is 3.12. The van der Waals surface area contributed by atoms with Crippen molar-refractivity contribution in [3.63, 3.8) is 0 Å². The summed E-state index contributed by atoms with van der Waals surface area (Å²) in [6, 6.07) is 14.7. The molecule has 4 heteroatoms. The molecule has 2 aromatic rings. The van der Waals surface area contributed by atoms with Gasteiger partial charge in [0.05, 0.1) is 6.61 Å². The van der Waals surface area contributed by atoms with E-state index >= 15 is 0 Å². The Kier molecular flexibility index (Phi) is 4.82. The molecule has 0 saturated heterocycles. The summed E-state index contributed by atoms with van der Waals surface area (Å²) in [5.74, 6) is -0.0318. The van der Waals surface area contributed by atoms with Crippen LogP contribution in [-0.4, -0.2) is 12.6 Å². The van der Waals surface area contributed by atoms with E-state index in [9.17, 15) is 4.79 Å². The lowest BCUT2D eigenvalue weighted by Crippen LogP contribution is -2.13. The van der Waals surface area contributed by atoms with E-state index in [0.29, 0.717) is 18.0 Å². The van der Waals surface area contributed by atoms with Crippen LogP contribution in [0.3, 0.4) is 0 Å². The second-order valence-corrected chi connectivity index (χ2v) is 4.61. The van der Waals surface area contributed by atoms with Gasteiger partial charge >= 0.3 is 5.97 Å². The van der Waals surface area contributed by atoms with Gasteiger partial charge in [-0.25, -0.2) is 4.79 Å². The Morgan fingerprint density at radius 3 is 2.52 bits per heavy atom. The van der Waals surface area contributed by atoms with Gasteiger partial charge in [-0.1, -0.05) is 36.4 Å². The second kappa shape index (κ2) is 6.79. The number of benzene rings is 2. The van der Waals surface area contributed by atoms with Crippen LogP contribution in [0.15, 0.2) is 48.5 Å². The van der Waals surface area contributed by atoms with Crippen molar-refractivity contribution in [2.75, 3.05) is 12.3 Å². The van der Waals surface area contributed by atoms with Crippen molar-refractivity contribution in [3.05, 3.63) is 59.7 Å². The Morgan fingerprint density at radius 1 is 1.14 bits per heavy atom. The molecule has 110 valence electrons. The summed E-state index contributed by atoms with van der Waals surface area (Å²) in [5, 5.41) is 0. The van der Waals surface area contributed by atoms with Gasteiger partial charge in [-0.15, -0.1) is 0 Å². The van der Waals surface area contributed by atoms with Gasteiger partial charge in [-0.05, 0) is 31.5 Å². The SMILES string of the molecule is CCOc1cccc(N)c1C(=O)OC(C)c1ccccc1. The Labute approximate surface area is 124 Å². The third kappa shape index (κ3) is 3.54. The van der Waals surface area contributed by atoms with Gasteiger partial charge in [0.25, 0.3) is 0 Å². The molecule has 0 aliphatic carbocycles. The molecule has 0 aliphatic rings. The maximum atomic E-state index is 12.4. The predicted molar refractivity (Wildman–Crippen MR) is 82.3 cm³/mol. The van der Waals surface area contributed by atoms with E-state index in [0.717, 1.165) is 5.56 Å². The van der Waals surface area contributed by atoms with Gasteiger partial charge in [-0.3, -0.25) is 0 Å². The molecule has 21 heavy (non-hydrogen) atoms. The van der Waals surface area contributed by atoms with Crippen molar-refractivity contribution in [3.8, 4) is 5.75 Å². The Balaban J connectivity index is 2.21. The van der Waals surface area contributed by atoms with Gasteiger partial charge in [0.15, 0.2) is 0 Å². The zero-order chi connectivity index (χ0) is 15.2. The fraction of sp³-hybridized carbons (Fsp3) is 0.235. The van der Waals surface area contributed by atoms with Crippen LogP contribution < -0.4 is 10.5 Å². The summed E-state index contributed by atoms with van der Waals surface area (Å²) >= 11 is 0. The lowest BCUT2D eigenvalue weighted by atomic mass is 10.1. The number of hydrogen-bond donors (Lipinski definition) is 1. The molecule has 2 N–H and O–H groups in total. The quantitative estimate of drug-likeness (QED) is 0.673. The summed E-state index contributed by atoms with van der Waals surface area (Å²) in [4.78, 5) is 12.4. The molecule has 2 aromatic carbocycles. The number of nitrogens with two attached hydrogens (primary N) is 1. The van der Waals surface area contributed by atoms with E-state index in [4.69, 9.17) is 15.2 Å². The fourth-order valence-corrected chi connectivity index (χ4v) is 2.05. The van der Waals surface area contributed by atoms with Crippen LogP contribution >= 0.6 is 0 Å². The molecule has 0 amide bonds. The number of rotatable bonds is 5. The topological polar surface area (TPSA) is 61.5 Å². The number of carbonyl (C=O) groups is 1. The van der Waals surface area contributed by atoms with Crippen molar-refractivity contribution >= 4 is 11.7 Å². The molecule has 1 atom stereocenters. The number of nitrogen functional groups attached to an aromatic ring is 1. The van der Waals surface area contributed by atoms with Crippen LogP contribution in [0.1, 0.15) is 35.9 Å². The maximum Gasteiger partial charge on any atom is 0.344 e. The molecule has 0 radical (unpaired) electrons. The van der Waals surface area contributed by atoms with Crippen LogP contribution in [0.25, 0.3) is 0 Å². The Hall–Kier alpha value is -2.49. The van der Waals surface area contributed by atoms with E-state index in [1.807, 2.05) is 44.2 Å². The van der Waals surface area contributed by atoms with Crippen molar-refractivity contribution < 1.29 is 14.3 Å². The van der Waals surface area contributed by atoms with Crippen molar-refractivity contribution in [1.82, 2.24) is 0 Å². The minimum Gasteiger partial charge on any atom is -0.493 e. The number of anilines is 1. The largest absolute Gasteiger partial charge is 0.493 e. The zero-order valence-corrected chi connectivity index (χ0v) is 12.2. The molecule has 0 spiro atoms. The Bertz CT molecular complexity index is 611. The summed E-state index contributed by atoms with van der Waals surface area (Å²) < 4.78 is 10.9. The van der Waals surface area contributed by atoms with Gasteiger partial charge in [0, 0.05) is 5.69 Å². The first-order valence-electron chi connectivity index (χ1n) is 6.90. The van der Waals surface area contributed by atoms with E-state index in [1.54, 1.807) is 18.2 Å². The number of esters is 1. The van der Waals surface area contributed by atoms with Crippen molar-refractivity contribution in [2.24, 2.45) is 0 Å². The molecule has 4 nitrogen and oxygen atoms in total. The molecule has 0 aliphatic heterocycles. The van der Waals surface area contributed by atoms with Gasteiger partial charge in [0.2, 0.25) is 0 Å². The van der Waals surface area contributed by atoms with Gasteiger partial charge in [0.1, 0.15) is 17.4 Å². The minimum atomic E-state index is -0.479. The minimum absolute atomic E-state index is 0.280. The highest BCUT2D eigenvalue weighted by molar-refractivity contribution is 5.98. The number of hydrogen-bond acceptors (Lipinski definition) is 4. The molecule has 0 heterocycles. The normalized spacial score (nSPS) is 11.7. The first-order valence-corrected chi connectivity index (χ1v) is 6.90. The smallest absolute Gasteiger partial charge is 0.344 e. The standard InChI is InChI=1S/C17H19NO3/c1-3-20-15-11-7-10-14(18)16(15)17(19)21-12(2)13-8-5-4-6-9-13/h4-12H,3,18H2,1-2H3. The molecule has 0 fully saturated rings. The molecule has 0 bridgehead atoms.